The van der Waals surface area contributed by atoms with Gasteiger partial charge in [0, 0.05) is 0 Å². The van der Waals surface area contributed by atoms with Gasteiger partial charge in [0.1, 0.15) is 0 Å². The van der Waals surface area contributed by atoms with E-state index in [1.807, 2.05) is 6.92 Å². The van der Waals surface area contributed by atoms with Crippen LogP contribution in [0.3, 0.4) is 0 Å². The number of hydrogen-bond donors (Lipinski definition) is 0. The van der Waals surface area contributed by atoms with Crippen LogP contribution in [0.1, 0.15) is 39.0 Å². The third kappa shape index (κ3) is 2.98. The number of carbonyl (C=O) groups excluding carboxylic acids is 1. The van der Waals surface area contributed by atoms with Gasteiger partial charge >= 0.3 is 0 Å². The molecule has 12 heavy (non-hydrogen) atoms. The summed E-state index contributed by atoms with van der Waals surface area (Å²) in [5.41, 5.74) is 1.16. The number of halogens is 1. The Morgan fingerprint density at radius 1 is 1.33 bits per heavy atom. The second-order valence-electron chi connectivity index (χ2n) is 3.53. The van der Waals surface area contributed by atoms with Gasteiger partial charge in [-0.05, 0) is 43.4 Å². The summed E-state index contributed by atoms with van der Waals surface area (Å²) >= 11 is 5.28. The topological polar surface area (TPSA) is 17.1 Å². The molecule has 0 amide bonds. The van der Waals surface area contributed by atoms with E-state index in [0.29, 0.717) is 5.92 Å². The number of hydrogen-bond acceptors (Lipinski definition) is 1. The molecule has 1 rings (SSSR count). The van der Waals surface area contributed by atoms with E-state index in [4.69, 9.17) is 11.6 Å². The van der Waals surface area contributed by atoms with Crippen molar-refractivity contribution < 1.29 is 4.79 Å². The van der Waals surface area contributed by atoms with E-state index in [1.165, 1.54) is 32.1 Å². The SMILES string of the molecule is C/C(=C\C(=O)Cl)C1CCCCC1. The molecule has 1 saturated carbocycles. The minimum Gasteiger partial charge on any atom is -0.276 e. The van der Waals surface area contributed by atoms with Crippen molar-refractivity contribution >= 4 is 16.8 Å². The summed E-state index contributed by atoms with van der Waals surface area (Å²) in [7, 11) is 0. The van der Waals surface area contributed by atoms with Crippen LogP contribution in [-0.4, -0.2) is 5.24 Å². The van der Waals surface area contributed by atoms with Gasteiger partial charge in [-0.1, -0.05) is 24.8 Å². The Hall–Kier alpha value is -0.300. The standard InChI is InChI=1S/C10H15ClO/c1-8(7-10(11)12)9-5-3-2-4-6-9/h7,9H,2-6H2,1H3/b8-7+. The Balaban J connectivity index is 2.49. The normalized spacial score (nSPS) is 21.0. The van der Waals surface area contributed by atoms with Gasteiger partial charge in [0.2, 0.25) is 5.24 Å². The average Bonchev–Trinajstić information content (AvgIpc) is 2.05. The summed E-state index contributed by atoms with van der Waals surface area (Å²) in [5, 5.41) is -0.335. The molecule has 0 aromatic heterocycles. The molecule has 0 N–H and O–H groups in total. The maximum Gasteiger partial charge on any atom is 0.245 e. The number of carbonyl (C=O) groups is 1. The van der Waals surface area contributed by atoms with E-state index in [0.717, 1.165) is 5.57 Å². The van der Waals surface area contributed by atoms with Crippen molar-refractivity contribution in [2.45, 2.75) is 39.0 Å². The van der Waals surface area contributed by atoms with E-state index in [2.05, 4.69) is 0 Å². The second kappa shape index (κ2) is 4.66. The van der Waals surface area contributed by atoms with Crippen molar-refractivity contribution in [3.05, 3.63) is 11.6 Å². The predicted molar refractivity (Wildman–Crippen MR) is 51.2 cm³/mol. The van der Waals surface area contributed by atoms with Crippen molar-refractivity contribution in [1.82, 2.24) is 0 Å². The zero-order valence-electron chi connectivity index (χ0n) is 7.48. The molecule has 1 aliphatic carbocycles. The molecule has 0 aromatic rings. The largest absolute Gasteiger partial charge is 0.276 e. The van der Waals surface area contributed by atoms with Crippen molar-refractivity contribution in [3.8, 4) is 0 Å². The van der Waals surface area contributed by atoms with E-state index < -0.39 is 0 Å². The van der Waals surface area contributed by atoms with Gasteiger partial charge in [0.25, 0.3) is 0 Å². The van der Waals surface area contributed by atoms with E-state index in [-0.39, 0.29) is 5.24 Å². The van der Waals surface area contributed by atoms with Crippen molar-refractivity contribution in [1.29, 1.82) is 0 Å². The molecule has 0 spiro atoms. The minimum absolute atomic E-state index is 0.335. The van der Waals surface area contributed by atoms with Crippen LogP contribution in [0.25, 0.3) is 0 Å². The maximum atomic E-state index is 10.6. The molecule has 0 aromatic carbocycles. The van der Waals surface area contributed by atoms with Gasteiger partial charge in [-0.25, -0.2) is 0 Å². The zero-order chi connectivity index (χ0) is 8.97. The fourth-order valence-corrected chi connectivity index (χ4v) is 2.03. The smallest absolute Gasteiger partial charge is 0.245 e. The first-order valence-corrected chi connectivity index (χ1v) is 4.95. The lowest BCUT2D eigenvalue weighted by atomic mass is 9.84. The fourth-order valence-electron chi connectivity index (χ4n) is 1.85. The summed E-state index contributed by atoms with van der Waals surface area (Å²) in [6.07, 6.45) is 7.97. The van der Waals surface area contributed by atoms with Gasteiger partial charge in [0.15, 0.2) is 0 Å². The Morgan fingerprint density at radius 2 is 1.92 bits per heavy atom. The first-order valence-electron chi connectivity index (χ1n) is 4.58. The third-order valence-electron chi connectivity index (χ3n) is 2.59. The van der Waals surface area contributed by atoms with Crippen LogP contribution in [0.15, 0.2) is 11.6 Å². The molecule has 2 heteroatoms. The molecule has 0 atom stereocenters. The zero-order valence-corrected chi connectivity index (χ0v) is 8.23. The van der Waals surface area contributed by atoms with Crippen LogP contribution in [-0.2, 0) is 4.79 Å². The third-order valence-corrected chi connectivity index (χ3v) is 2.70. The van der Waals surface area contributed by atoms with Gasteiger partial charge in [-0.3, -0.25) is 4.79 Å². The highest BCUT2D eigenvalue weighted by Crippen LogP contribution is 2.29. The molecule has 0 radical (unpaired) electrons. The monoisotopic (exact) mass is 186 g/mol. The molecule has 1 aliphatic rings. The Labute approximate surface area is 78.8 Å². The maximum absolute atomic E-state index is 10.6. The summed E-state index contributed by atoms with van der Waals surface area (Å²) in [6, 6.07) is 0. The Morgan fingerprint density at radius 3 is 2.42 bits per heavy atom. The van der Waals surface area contributed by atoms with Crippen molar-refractivity contribution in [2.24, 2.45) is 5.92 Å². The molecule has 0 heterocycles. The first-order chi connectivity index (χ1) is 5.70. The van der Waals surface area contributed by atoms with Crippen LogP contribution < -0.4 is 0 Å². The average molecular weight is 187 g/mol. The van der Waals surface area contributed by atoms with Crippen LogP contribution in [0, 0.1) is 5.92 Å². The fraction of sp³-hybridized carbons (Fsp3) is 0.700. The predicted octanol–water partition coefficient (Wildman–Crippen LogP) is 3.28. The molecule has 1 nitrogen and oxygen atoms in total. The highest BCUT2D eigenvalue weighted by Gasteiger charge is 2.14. The van der Waals surface area contributed by atoms with Gasteiger partial charge < -0.3 is 0 Å². The molecule has 1 fully saturated rings. The molecule has 0 bridgehead atoms. The van der Waals surface area contributed by atoms with Gasteiger partial charge in [0.05, 0.1) is 0 Å². The highest BCUT2D eigenvalue weighted by molar-refractivity contribution is 6.66. The molecule has 0 saturated heterocycles. The highest BCUT2D eigenvalue weighted by atomic mass is 35.5. The summed E-state index contributed by atoms with van der Waals surface area (Å²) in [6.45, 7) is 2.01. The lowest BCUT2D eigenvalue weighted by Gasteiger charge is -2.21. The summed E-state index contributed by atoms with van der Waals surface area (Å²) in [5.74, 6) is 0.612. The molecule has 0 unspecified atom stereocenters. The lowest BCUT2D eigenvalue weighted by molar-refractivity contribution is -0.107. The minimum atomic E-state index is -0.335. The summed E-state index contributed by atoms with van der Waals surface area (Å²) in [4.78, 5) is 10.6. The van der Waals surface area contributed by atoms with Crippen molar-refractivity contribution in [2.75, 3.05) is 0 Å². The van der Waals surface area contributed by atoms with Crippen LogP contribution in [0.2, 0.25) is 0 Å². The van der Waals surface area contributed by atoms with E-state index in [9.17, 15) is 4.79 Å². The van der Waals surface area contributed by atoms with Gasteiger partial charge in [-0.15, -0.1) is 0 Å². The molecular weight excluding hydrogens is 172 g/mol. The van der Waals surface area contributed by atoms with Crippen LogP contribution in [0.4, 0.5) is 0 Å². The van der Waals surface area contributed by atoms with Gasteiger partial charge in [-0.2, -0.15) is 0 Å². The Kier molecular flexibility index (Phi) is 3.80. The van der Waals surface area contributed by atoms with Crippen molar-refractivity contribution in [3.63, 3.8) is 0 Å². The van der Waals surface area contributed by atoms with E-state index >= 15 is 0 Å². The van der Waals surface area contributed by atoms with E-state index in [1.54, 1.807) is 6.08 Å². The molecule has 68 valence electrons. The second-order valence-corrected chi connectivity index (χ2v) is 3.90. The van der Waals surface area contributed by atoms with Crippen LogP contribution in [0.5, 0.6) is 0 Å². The lowest BCUT2D eigenvalue weighted by Crippen LogP contribution is -2.07. The Bertz CT molecular complexity index is 190. The molecular formula is C10H15ClO. The molecule has 0 aliphatic heterocycles. The summed E-state index contributed by atoms with van der Waals surface area (Å²) < 4.78 is 0. The first kappa shape index (κ1) is 9.79. The number of rotatable bonds is 2. The quantitative estimate of drug-likeness (QED) is 0.478. The number of allylic oxidation sites excluding steroid dienone is 2. The van der Waals surface area contributed by atoms with Crippen LogP contribution >= 0.6 is 11.6 Å².